The Hall–Kier alpha value is -2.14. The summed E-state index contributed by atoms with van der Waals surface area (Å²) in [6.07, 6.45) is 0. The Labute approximate surface area is 87.4 Å². The van der Waals surface area contributed by atoms with Crippen molar-refractivity contribution < 1.29 is 4.39 Å². The van der Waals surface area contributed by atoms with E-state index < -0.39 is 0 Å². The molecular weight excluding hydrogens is 189 g/mol. The molecule has 15 heavy (non-hydrogen) atoms. The number of nitrogens with zero attached hydrogens (tertiary/aromatic N) is 1. The molecular formula is C13H7FN. The Morgan fingerprint density at radius 1 is 1.13 bits per heavy atom. The predicted octanol–water partition coefficient (Wildman–Crippen LogP) is 3.16. The summed E-state index contributed by atoms with van der Waals surface area (Å²) in [5.74, 6) is -0.373. The van der Waals surface area contributed by atoms with Crippen LogP contribution in [0.3, 0.4) is 0 Å². The normalized spacial score (nSPS) is 9.60. The van der Waals surface area contributed by atoms with E-state index in [1.54, 1.807) is 36.4 Å². The smallest absolute Gasteiger partial charge is 0.138 e. The highest BCUT2D eigenvalue weighted by Crippen LogP contribution is 2.22. The Balaban J connectivity index is 2.47. The molecule has 71 valence electrons. The molecule has 0 aliphatic carbocycles. The van der Waals surface area contributed by atoms with E-state index in [1.807, 2.05) is 6.07 Å². The van der Waals surface area contributed by atoms with Crippen molar-refractivity contribution in [2.45, 2.75) is 0 Å². The van der Waals surface area contributed by atoms with Crippen molar-refractivity contribution in [3.63, 3.8) is 0 Å². The van der Waals surface area contributed by atoms with Crippen LogP contribution in [0.2, 0.25) is 0 Å². The third kappa shape index (κ3) is 1.87. The first-order valence-corrected chi connectivity index (χ1v) is 4.48. The fourth-order valence-corrected chi connectivity index (χ4v) is 1.36. The molecule has 0 spiro atoms. The Bertz CT molecular complexity index is 509. The first kappa shape index (κ1) is 9.42. The van der Waals surface area contributed by atoms with Gasteiger partial charge >= 0.3 is 0 Å². The zero-order valence-corrected chi connectivity index (χ0v) is 7.87. The molecule has 0 heterocycles. The summed E-state index contributed by atoms with van der Waals surface area (Å²) in [6.45, 7) is 0. The molecule has 0 saturated heterocycles. The maximum Gasteiger partial charge on any atom is 0.138 e. The van der Waals surface area contributed by atoms with Crippen molar-refractivity contribution >= 4 is 0 Å². The largest absolute Gasteiger partial charge is 0.206 e. The second-order valence-corrected chi connectivity index (χ2v) is 3.09. The highest BCUT2D eigenvalue weighted by Gasteiger charge is 2.03. The van der Waals surface area contributed by atoms with Gasteiger partial charge < -0.3 is 0 Å². The molecule has 2 rings (SSSR count). The highest BCUT2D eigenvalue weighted by molar-refractivity contribution is 5.64. The van der Waals surface area contributed by atoms with Crippen LogP contribution in [-0.4, -0.2) is 0 Å². The maximum absolute atomic E-state index is 13.3. The lowest BCUT2D eigenvalue weighted by molar-refractivity contribution is 0.629. The Kier molecular flexibility index (Phi) is 2.47. The van der Waals surface area contributed by atoms with Crippen molar-refractivity contribution in [2.24, 2.45) is 0 Å². The molecule has 2 aromatic carbocycles. The van der Waals surface area contributed by atoms with Gasteiger partial charge in [-0.1, -0.05) is 30.3 Å². The van der Waals surface area contributed by atoms with E-state index in [4.69, 9.17) is 5.26 Å². The van der Waals surface area contributed by atoms with E-state index in [0.29, 0.717) is 11.1 Å². The van der Waals surface area contributed by atoms with Crippen LogP contribution < -0.4 is 0 Å². The van der Waals surface area contributed by atoms with Gasteiger partial charge in [-0.15, -0.1) is 0 Å². The predicted molar refractivity (Wildman–Crippen MR) is 55.4 cm³/mol. The van der Waals surface area contributed by atoms with Crippen LogP contribution in [-0.2, 0) is 0 Å². The molecule has 2 heteroatoms. The topological polar surface area (TPSA) is 23.8 Å². The molecule has 0 aliphatic rings. The minimum Gasteiger partial charge on any atom is -0.206 e. The van der Waals surface area contributed by atoms with Gasteiger partial charge in [0, 0.05) is 11.6 Å². The number of benzene rings is 2. The summed E-state index contributed by atoms with van der Waals surface area (Å²) >= 11 is 0. The lowest BCUT2D eigenvalue weighted by Crippen LogP contribution is -1.83. The molecule has 0 fully saturated rings. The summed E-state index contributed by atoms with van der Waals surface area (Å²) in [7, 11) is 0. The van der Waals surface area contributed by atoms with Crippen LogP contribution in [0.15, 0.2) is 42.5 Å². The van der Waals surface area contributed by atoms with Crippen LogP contribution in [0.4, 0.5) is 4.39 Å². The van der Waals surface area contributed by atoms with E-state index in [0.717, 1.165) is 5.56 Å². The number of hydrogen-bond acceptors (Lipinski definition) is 1. The third-order valence-electron chi connectivity index (χ3n) is 2.13. The average Bonchev–Trinajstić information content (AvgIpc) is 2.30. The number of nitriles is 1. The van der Waals surface area contributed by atoms with E-state index in [2.05, 4.69) is 6.07 Å². The van der Waals surface area contributed by atoms with Crippen LogP contribution in [0.5, 0.6) is 0 Å². The molecule has 1 radical (unpaired) electrons. The monoisotopic (exact) mass is 196 g/mol. The molecule has 0 unspecified atom stereocenters. The molecule has 0 saturated carbocycles. The van der Waals surface area contributed by atoms with Crippen molar-refractivity contribution in [3.8, 4) is 17.2 Å². The minimum absolute atomic E-state index is 0.373. The van der Waals surface area contributed by atoms with E-state index in [1.165, 1.54) is 6.07 Å². The summed E-state index contributed by atoms with van der Waals surface area (Å²) in [6, 6.07) is 16.3. The van der Waals surface area contributed by atoms with E-state index >= 15 is 0 Å². The molecule has 2 aromatic rings. The zero-order chi connectivity index (χ0) is 10.7. The van der Waals surface area contributed by atoms with E-state index in [9.17, 15) is 4.39 Å². The van der Waals surface area contributed by atoms with Gasteiger partial charge in [-0.25, -0.2) is 4.39 Å². The summed E-state index contributed by atoms with van der Waals surface area (Å²) in [5, 5.41) is 8.62. The van der Waals surface area contributed by atoms with Gasteiger partial charge in [-0.05, 0) is 17.7 Å². The standard InChI is InChI=1S/C13H7FN/c14-13-4-2-1-3-12(13)11-7-5-10(9-15)6-8-11/h1-3,5-8H. The quantitative estimate of drug-likeness (QED) is 0.687. The summed E-state index contributed by atoms with van der Waals surface area (Å²) in [4.78, 5) is 0. The van der Waals surface area contributed by atoms with E-state index in [-0.39, 0.29) is 5.82 Å². The number of halogens is 1. The van der Waals surface area contributed by atoms with Gasteiger partial charge in [0.2, 0.25) is 0 Å². The van der Waals surface area contributed by atoms with Gasteiger partial charge in [0.25, 0.3) is 0 Å². The lowest BCUT2D eigenvalue weighted by Gasteiger charge is -2.02. The number of rotatable bonds is 1. The zero-order valence-electron chi connectivity index (χ0n) is 7.87. The van der Waals surface area contributed by atoms with Crippen LogP contribution >= 0.6 is 0 Å². The first-order valence-electron chi connectivity index (χ1n) is 4.48. The molecule has 0 aliphatic heterocycles. The van der Waals surface area contributed by atoms with Crippen LogP contribution in [0, 0.1) is 23.2 Å². The van der Waals surface area contributed by atoms with Crippen molar-refractivity contribution in [3.05, 3.63) is 59.9 Å². The number of hydrogen-bond donors (Lipinski definition) is 0. The van der Waals surface area contributed by atoms with Gasteiger partial charge in [0.05, 0.1) is 11.6 Å². The van der Waals surface area contributed by atoms with Crippen molar-refractivity contribution in [1.29, 1.82) is 5.26 Å². The first-order chi connectivity index (χ1) is 7.31. The summed E-state index contributed by atoms with van der Waals surface area (Å²) in [5.41, 5.74) is 1.82. The molecule has 1 nitrogen and oxygen atoms in total. The molecule has 0 aromatic heterocycles. The minimum atomic E-state index is -0.373. The van der Waals surface area contributed by atoms with Gasteiger partial charge in [0.1, 0.15) is 5.82 Å². The van der Waals surface area contributed by atoms with Crippen molar-refractivity contribution in [1.82, 2.24) is 0 Å². The molecule has 0 amide bonds. The van der Waals surface area contributed by atoms with Gasteiger partial charge in [0.15, 0.2) is 0 Å². The molecule has 0 N–H and O–H groups in total. The second-order valence-electron chi connectivity index (χ2n) is 3.09. The fourth-order valence-electron chi connectivity index (χ4n) is 1.36. The lowest BCUT2D eigenvalue weighted by atomic mass is 10.0. The summed E-state index contributed by atoms with van der Waals surface area (Å²) < 4.78 is 13.3. The Morgan fingerprint density at radius 2 is 1.87 bits per heavy atom. The average molecular weight is 196 g/mol. The van der Waals surface area contributed by atoms with Gasteiger partial charge in [-0.3, -0.25) is 0 Å². The SMILES string of the molecule is N#Cc1ccc(-c2ccc[c]c2F)cc1. The third-order valence-corrected chi connectivity index (χ3v) is 2.13. The fraction of sp³-hybridized carbons (Fsp3) is 0. The Morgan fingerprint density at radius 3 is 2.47 bits per heavy atom. The molecule has 0 atom stereocenters. The van der Waals surface area contributed by atoms with Crippen molar-refractivity contribution in [2.75, 3.05) is 0 Å². The van der Waals surface area contributed by atoms with Crippen LogP contribution in [0.25, 0.3) is 11.1 Å². The van der Waals surface area contributed by atoms with Crippen LogP contribution in [0.1, 0.15) is 5.56 Å². The molecule has 0 bridgehead atoms. The second kappa shape index (κ2) is 3.93. The maximum atomic E-state index is 13.3. The highest BCUT2D eigenvalue weighted by atomic mass is 19.1. The van der Waals surface area contributed by atoms with Gasteiger partial charge in [-0.2, -0.15) is 5.26 Å².